The number of piperazine rings is 3. The number of likely N-dealkylation sites (tertiary alicyclic amines) is 4. The number of benzene rings is 6. The minimum atomic E-state index is -0.745. The first-order valence-corrected chi connectivity index (χ1v) is 48.0. The van der Waals surface area contributed by atoms with Gasteiger partial charge in [-0.05, 0) is 170 Å². The molecule has 0 radical (unpaired) electrons. The maximum Gasteiger partial charge on any atom is 0.246 e. The third-order valence-corrected chi connectivity index (χ3v) is 28.9. The molecular weight excluding hydrogens is 1690 g/mol. The predicted molar refractivity (Wildman–Crippen MR) is 525 cm³/mol. The number of anilines is 6. The van der Waals surface area contributed by atoms with E-state index in [0.717, 1.165) is 148 Å². The normalized spacial score (nSPS) is 19.7. The highest BCUT2D eigenvalue weighted by atomic mass is 19.1. The van der Waals surface area contributed by atoms with Gasteiger partial charge in [-0.1, -0.05) is 109 Å². The average Bonchev–Trinajstić information content (AvgIpc) is 0.863. The molecule has 28 heteroatoms. The number of carbonyl (C=O) groups excluding carboxylic acids is 3. The summed E-state index contributed by atoms with van der Waals surface area (Å²) in [4.78, 5) is 81.9. The number of aliphatic hydroxyl groups excluding tert-OH is 1. The van der Waals surface area contributed by atoms with Crippen molar-refractivity contribution < 1.29 is 42.8 Å². The molecule has 3 atom stereocenters. The van der Waals surface area contributed by atoms with Gasteiger partial charge >= 0.3 is 0 Å². The van der Waals surface area contributed by atoms with Crippen LogP contribution in [0.15, 0.2) is 146 Å². The lowest BCUT2D eigenvalue weighted by atomic mass is 9.96. The van der Waals surface area contributed by atoms with Gasteiger partial charge in [0.05, 0.1) is 67.0 Å². The highest BCUT2D eigenvalue weighted by molar-refractivity contribution is 6.00. The number of pyridine rings is 3. The second-order valence-electron chi connectivity index (χ2n) is 37.3. The summed E-state index contributed by atoms with van der Waals surface area (Å²) in [5, 5.41) is 48.1. The van der Waals surface area contributed by atoms with Crippen LogP contribution in [0.1, 0.15) is 106 Å². The van der Waals surface area contributed by atoms with E-state index in [0.29, 0.717) is 197 Å². The number of rotatable bonds is 23. The average molecular weight is 1810 g/mol. The van der Waals surface area contributed by atoms with Gasteiger partial charge in [-0.3, -0.25) is 19.3 Å². The van der Waals surface area contributed by atoms with Crippen molar-refractivity contribution in [3.63, 3.8) is 0 Å². The molecule has 10 aliphatic heterocycles. The molecule has 6 aromatic carbocycles. The molecule has 3 amide bonds. The summed E-state index contributed by atoms with van der Waals surface area (Å²) in [7, 11) is 8.00. The van der Waals surface area contributed by atoms with Crippen LogP contribution in [0, 0.1) is 54.8 Å². The van der Waals surface area contributed by atoms with Crippen molar-refractivity contribution >= 4 is 84.2 Å². The van der Waals surface area contributed by atoms with E-state index in [9.17, 15) is 34.6 Å². The maximum atomic E-state index is 13.1. The molecule has 0 spiro atoms. The Hall–Kier alpha value is -12.5. The topological polar surface area (TPSA) is 261 Å². The molecule has 7 saturated heterocycles. The molecule has 13 heterocycles. The summed E-state index contributed by atoms with van der Waals surface area (Å²) in [5.74, 6) is 1.13. The highest BCUT2D eigenvalue weighted by Crippen LogP contribution is 2.45. The fraction of sp³-hybridized carbons (Fsp3) is 0.462. The maximum absolute atomic E-state index is 13.1. The molecule has 7 fully saturated rings. The van der Waals surface area contributed by atoms with Gasteiger partial charge in [-0.2, -0.15) is 15.8 Å². The first-order valence-electron chi connectivity index (χ1n) is 48.0. The number of nitrogens with zero attached hydrogens (tertiary/aromatic N) is 19. The lowest BCUT2D eigenvalue weighted by Gasteiger charge is -2.39. The van der Waals surface area contributed by atoms with E-state index in [-0.39, 0.29) is 24.3 Å². The Bertz CT molecular complexity index is 6000. The molecule has 0 aliphatic carbocycles. The van der Waals surface area contributed by atoms with Gasteiger partial charge in [-0.25, -0.2) is 19.3 Å². The van der Waals surface area contributed by atoms with E-state index < -0.39 is 6.17 Å². The number of aliphatic hydroxyl groups is 1. The second-order valence-corrected chi connectivity index (χ2v) is 37.3. The van der Waals surface area contributed by atoms with E-state index in [1.807, 2.05) is 20.8 Å². The van der Waals surface area contributed by atoms with E-state index in [2.05, 4.69) is 213 Å². The predicted octanol–water partition coefficient (Wildman–Crippen LogP) is 12.3. The van der Waals surface area contributed by atoms with Crippen molar-refractivity contribution in [1.29, 1.82) is 15.8 Å². The first-order chi connectivity index (χ1) is 65.3. The van der Waals surface area contributed by atoms with Crippen molar-refractivity contribution in [2.24, 2.45) is 0 Å². The minimum absolute atomic E-state index is 0.00954. The molecule has 0 saturated carbocycles. The first kappa shape index (κ1) is 93.4. The SMILES string of the molecule is COC/C=C/C(=O)N1CCN(c2c(C#N)c(OC[C@@H]3CCCN3C)nc3c2CCN(c2cccc4cccc(C)c24)C3)CC1.Cc1cccc2cccc(N3CCc4c(nc(OC[C@@H]5CCCN5C)c(C#N)c4N4CCN(C(=O)/C=C/CN5CC(F)C5)CC4)C3)c12.Cc1cccc2cccc(N3CCc4c(nc(OC[C@@H]5CCCN5C)c(C#N)c4N4CCN(C(=O)/C=C/CO)CC4)C3)c12. The number of hydrogen-bond acceptors (Lipinski definition) is 24. The van der Waals surface area contributed by atoms with Gasteiger partial charge in [0.15, 0.2) is 0 Å². The largest absolute Gasteiger partial charge is 0.475 e. The van der Waals surface area contributed by atoms with Crippen LogP contribution in [0.2, 0.25) is 0 Å². The number of aromatic nitrogens is 3. The van der Waals surface area contributed by atoms with E-state index in [1.54, 1.807) is 30.2 Å². The molecule has 134 heavy (non-hydrogen) atoms. The molecule has 27 nitrogen and oxygen atoms in total. The Labute approximate surface area is 787 Å². The number of methoxy groups -OCH3 is 1. The molecule has 19 rings (SSSR count). The van der Waals surface area contributed by atoms with Crippen molar-refractivity contribution in [1.82, 2.24) is 49.3 Å². The van der Waals surface area contributed by atoms with Crippen molar-refractivity contribution in [3.8, 4) is 35.8 Å². The second kappa shape index (κ2) is 42.8. The quantitative estimate of drug-likeness (QED) is 0.0583. The van der Waals surface area contributed by atoms with Crippen LogP contribution in [-0.4, -0.2) is 295 Å². The minimum Gasteiger partial charge on any atom is -0.475 e. The van der Waals surface area contributed by atoms with Crippen LogP contribution in [0.5, 0.6) is 17.6 Å². The van der Waals surface area contributed by atoms with Crippen molar-refractivity contribution in [3.05, 3.63) is 213 Å². The number of likely N-dealkylation sites (N-methyl/N-ethyl adjacent to an activating group) is 3. The van der Waals surface area contributed by atoms with Crippen LogP contribution < -0.4 is 43.6 Å². The molecular formula is C106H126FN19O8. The van der Waals surface area contributed by atoms with Gasteiger partial charge in [0, 0.05) is 211 Å². The summed E-state index contributed by atoms with van der Waals surface area (Å²) >= 11 is 0. The third kappa shape index (κ3) is 20.5. The Morgan fingerprint density at radius 1 is 0.425 bits per heavy atom. The lowest BCUT2D eigenvalue weighted by molar-refractivity contribution is -0.127. The Kier molecular flexibility index (Phi) is 29.8. The van der Waals surface area contributed by atoms with Crippen LogP contribution in [0.25, 0.3) is 32.3 Å². The smallest absolute Gasteiger partial charge is 0.246 e. The summed E-state index contributed by atoms with van der Waals surface area (Å²) in [5.41, 5.74) is 17.8. The lowest BCUT2D eigenvalue weighted by Crippen LogP contribution is -2.49. The van der Waals surface area contributed by atoms with Crippen LogP contribution in [0.4, 0.5) is 38.5 Å². The number of amides is 3. The number of fused-ring (bicyclic) bond motifs is 6. The molecule has 0 bridgehead atoms. The van der Waals surface area contributed by atoms with Crippen LogP contribution in [-0.2, 0) is 58.0 Å². The fourth-order valence-corrected chi connectivity index (χ4v) is 21.4. The van der Waals surface area contributed by atoms with E-state index >= 15 is 0 Å². The number of nitriles is 3. The molecule has 9 aromatic rings. The number of hydrogen-bond donors (Lipinski definition) is 1. The van der Waals surface area contributed by atoms with E-state index in [1.165, 1.54) is 78.2 Å². The zero-order chi connectivity index (χ0) is 93.0. The summed E-state index contributed by atoms with van der Waals surface area (Å²) in [6.07, 6.45) is 17.9. The standard InChI is InChI=1S/C37H44FN7O2.C35H42N6O3.C34H40N6O3/c1-26-7-3-8-27-9-4-11-33(35(26)27)45-16-13-30-32(24-45)40-37(47-25-29-10-5-14-41(29)2)31(21-39)36(30)44-19-17-43(18-20-44)34(46)12-6-15-42-22-28(38)23-42;1-25-8-4-9-26-10-5-12-31(33(25)26)41-16-14-28-30(23-41)37-35(44-24-27-11-6-15-38(27)2)29(22-36)34(28)40-19-17-39(18-20-40)32(42)13-7-21-43-3;1-24-7-3-8-25-9-4-11-30(32(24)25)40-15-13-27-29(22-40)36-34(43-23-26-10-5-14-37(26)2)28(21-35)33(27)39-18-16-38(17-19-39)31(42)12-6-20-41/h3-4,6-9,11-12,28-29H,5,10,13-20,22-25H2,1-2H3;4-5,7-10,12-13,27H,6,11,14-21,23-24H2,1-3H3;3-4,6-9,11-12,26,41H,5,10,13-20,22-23H2,1-2H3/b12-6+;13-7+;12-6+/t29-;27-;26-/m000/s1. The molecule has 700 valence electrons. The monoisotopic (exact) mass is 1810 g/mol. The van der Waals surface area contributed by atoms with Gasteiger partial charge in [0.1, 0.15) is 60.9 Å². The van der Waals surface area contributed by atoms with E-state index in [4.69, 9.17) is 39.0 Å². The number of alkyl halides is 1. The number of ether oxygens (including phenoxy) is 4. The zero-order valence-corrected chi connectivity index (χ0v) is 78.7. The Balaban J connectivity index is 0.000000140. The number of carbonyl (C=O) groups is 3. The Morgan fingerprint density at radius 3 is 1.03 bits per heavy atom. The molecule has 3 aromatic heterocycles. The van der Waals surface area contributed by atoms with Crippen molar-refractivity contribution in [2.75, 3.05) is 228 Å². The van der Waals surface area contributed by atoms with Crippen LogP contribution in [0.3, 0.4) is 0 Å². The molecule has 0 unspecified atom stereocenters. The highest BCUT2D eigenvalue weighted by Gasteiger charge is 2.39. The van der Waals surface area contributed by atoms with Gasteiger partial charge in [0.25, 0.3) is 0 Å². The number of aryl methyl sites for hydroxylation is 3. The van der Waals surface area contributed by atoms with Gasteiger partial charge in [-0.15, -0.1) is 0 Å². The summed E-state index contributed by atoms with van der Waals surface area (Å²) in [6.45, 7) is 24.4. The van der Waals surface area contributed by atoms with Crippen LogP contribution >= 0.6 is 0 Å². The summed E-state index contributed by atoms with van der Waals surface area (Å²) in [6, 6.07) is 47.1. The zero-order valence-electron chi connectivity index (χ0n) is 78.7. The summed E-state index contributed by atoms with van der Waals surface area (Å²) < 4.78 is 37.4. The molecule has 1 N–H and O–H groups in total. The molecule has 10 aliphatic rings. The van der Waals surface area contributed by atoms with Crippen molar-refractivity contribution in [2.45, 2.75) is 122 Å². The number of halogens is 1. The fourth-order valence-electron chi connectivity index (χ4n) is 21.4. The van der Waals surface area contributed by atoms with Gasteiger partial charge < -0.3 is 82.9 Å². The van der Waals surface area contributed by atoms with Gasteiger partial charge in [0.2, 0.25) is 35.4 Å². The Morgan fingerprint density at radius 2 is 0.739 bits per heavy atom. The third-order valence-electron chi connectivity index (χ3n) is 28.9.